The predicted octanol–water partition coefficient (Wildman–Crippen LogP) is 1.07. The summed E-state index contributed by atoms with van der Waals surface area (Å²) >= 11 is 0. The van der Waals surface area contributed by atoms with Gasteiger partial charge in [-0.15, -0.1) is 0 Å². The lowest BCUT2D eigenvalue weighted by Crippen LogP contribution is -2.32. The van der Waals surface area contributed by atoms with E-state index in [4.69, 9.17) is 5.73 Å². The van der Waals surface area contributed by atoms with Gasteiger partial charge in [-0.25, -0.2) is 14.4 Å². The summed E-state index contributed by atoms with van der Waals surface area (Å²) in [6, 6.07) is 0.232. The van der Waals surface area contributed by atoms with Crippen LogP contribution in [0, 0.1) is 11.7 Å². The number of nitrogens with one attached hydrogen (secondary N) is 1. The maximum atomic E-state index is 12.6. The van der Waals surface area contributed by atoms with Crippen LogP contribution >= 0.6 is 0 Å². The zero-order valence-corrected chi connectivity index (χ0v) is 9.40. The van der Waals surface area contributed by atoms with E-state index >= 15 is 0 Å². The number of primary amides is 1. The smallest absolute Gasteiger partial charge is 0.222 e. The molecule has 1 saturated carbocycles. The second-order valence-corrected chi connectivity index (χ2v) is 4.32. The first-order valence-electron chi connectivity index (χ1n) is 5.68. The molecular formula is C11H15FN4O. The van der Waals surface area contributed by atoms with Crippen LogP contribution in [0.2, 0.25) is 0 Å². The van der Waals surface area contributed by atoms with E-state index in [2.05, 4.69) is 15.3 Å². The van der Waals surface area contributed by atoms with Crippen LogP contribution in [0.25, 0.3) is 0 Å². The molecule has 0 atom stereocenters. The van der Waals surface area contributed by atoms with Crippen LogP contribution in [0.3, 0.4) is 0 Å². The molecule has 0 unspecified atom stereocenters. The Morgan fingerprint density at radius 1 is 1.29 bits per heavy atom. The third kappa shape index (κ3) is 3.12. The first kappa shape index (κ1) is 11.8. The summed E-state index contributed by atoms with van der Waals surface area (Å²) in [5.74, 6) is -0.259. The summed E-state index contributed by atoms with van der Waals surface area (Å²) in [7, 11) is 0. The third-order valence-electron chi connectivity index (χ3n) is 3.08. The summed E-state index contributed by atoms with van der Waals surface area (Å²) in [5.41, 5.74) is 5.26. The molecule has 1 aromatic rings. The van der Waals surface area contributed by atoms with Crippen molar-refractivity contribution in [3.8, 4) is 0 Å². The Balaban J connectivity index is 1.85. The van der Waals surface area contributed by atoms with Crippen molar-refractivity contribution < 1.29 is 9.18 Å². The minimum Gasteiger partial charge on any atom is -0.369 e. The number of rotatable bonds is 3. The number of nitrogens with two attached hydrogens (primary N) is 1. The van der Waals surface area contributed by atoms with Gasteiger partial charge in [-0.3, -0.25) is 4.79 Å². The number of hydrogen-bond donors (Lipinski definition) is 2. The molecule has 1 heterocycles. The molecule has 0 radical (unpaired) electrons. The van der Waals surface area contributed by atoms with E-state index in [0.29, 0.717) is 5.95 Å². The summed E-state index contributed by atoms with van der Waals surface area (Å²) in [6.07, 6.45) is 5.54. The van der Waals surface area contributed by atoms with Crippen molar-refractivity contribution in [2.24, 2.45) is 11.7 Å². The lowest BCUT2D eigenvalue weighted by atomic mass is 9.86. The van der Waals surface area contributed by atoms with E-state index in [0.717, 1.165) is 38.1 Å². The monoisotopic (exact) mass is 238 g/mol. The lowest BCUT2D eigenvalue weighted by Gasteiger charge is -2.27. The highest BCUT2D eigenvalue weighted by atomic mass is 19.1. The van der Waals surface area contributed by atoms with E-state index in [1.54, 1.807) is 0 Å². The quantitative estimate of drug-likeness (QED) is 0.825. The molecule has 0 saturated heterocycles. The normalized spacial score (nSPS) is 24.3. The number of carbonyl (C=O) groups excluding carboxylic acids is 1. The van der Waals surface area contributed by atoms with E-state index < -0.39 is 5.82 Å². The highest BCUT2D eigenvalue weighted by molar-refractivity contribution is 5.76. The van der Waals surface area contributed by atoms with Crippen LogP contribution in [0.15, 0.2) is 12.4 Å². The van der Waals surface area contributed by atoms with Gasteiger partial charge in [0.1, 0.15) is 0 Å². The molecule has 3 N–H and O–H groups in total. The van der Waals surface area contributed by atoms with Crippen LogP contribution in [0.1, 0.15) is 25.7 Å². The predicted molar refractivity (Wildman–Crippen MR) is 60.6 cm³/mol. The fraction of sp³-hybridized carbons (Fsp3) is 0.545. The molecule has 6 heteroatoms. The van der Waals surface area contributed by atoms with Crippen molar-refractivity contribution in [3.63, 3.8) is 0 Å². The molecule has 1 aromatic heterocycles. The van der Waals surface area contributed by atoms with E-state index in [-0.39, 0.29) is 17.9 Å². The molecule has 0 bridgehead atoms. The Morgan fingerprint density at radius 2 is 1.88 bits per heavy atom. The van der Waals surface area contributed by atoms with Gasteiger partial charge in [0, 0.05) is 12.0 Å². The van der Waals surface area contributed by atoms with Crippen LogP contribution in [0.4, 0.5) is 10.3 Å². The number of carbonyl (C=O) groups is 1. The van der Waals surface area contributed by atoms with Gasteiger partial charge in [-0.2, -0.15) is 0 Å². The average Bonchev–Trinajstić information content (AvgIpc) is 2.33. The zero-order valence-electron chi connectivity index (χ0n) is 9.40. The zero-order chi connectivity index (χ0) is 12.3. The fourth-order valence-electron chi connectivity index (χ4n) is 2.09. The van der Waals surface area contributed by atoms with Crippen molar-refractivity contribution in [2.45, 2.75) is 31.7 Å². The summed E-state index contributed by atoms with van der Waals surface area (Å²) in [4.78, 5) is 18.7. The van der Waals surface area contributed by atoms with Crippen LogP contribution in [-0.2, 0) is 4.79 Å². The number of halogens is 1. The topological polar surface area (TPSA) is 80.9 Å². The number of anilines is 1. The molecule has 0 spiro atoms. The molecule has 1 aliphatic rings. The maximum Gasteiger partial charge on any atom is 0.222 e. The van der Waals surface area contributed by atoms with Crippen molar-refractivity contribution in [1.29, 1.82) is 0 Å². The second kappa shape index (κ2) is 5.07. The molecule has 92 valence electrons. The van der Waals surface area contributed by atoms with Gasteiger partial charge in [0.25, 0.3) is 0 Å². The van der Waals surface area contributed by atoms with E-state index in [9.17, 15) is 9.18 Å². The van der Waals surface area contributed by atoms with Gasteiger partial charge < -0.3 is 11.1 Å². The first-order chi connectivity index (χ1) is 8.15. The Morgan fingerprint density at radius 3 is 2.41 bits per heavy atom. The number of hydrogen-bond acceptors (Lipinski definition) is 4. The van der Waals surface area contributed by atoms with Crippen molar-refractivity contribution in [1.82, 2.24) is 9.97 Å². The number of amides is 1. The summed E-state index contributed by atoms with van der Waals surface area (Å²) in [5, 5.41) is 3.13. The van der Waals surface area contributed by atoms with Gasteiger partial charge in [0.2, 0.25) is 11.9 Å². The van der Waals surface area contributed by atoms with E-state index in [1.807, 2.05) is 0 Å². The molecule has 0 aromatic carbocycles. The molecule has 2 rings (SSSR count). The Kier molecular flexibility index (Phi) is 3.51. The molecule has 1 fully saturated rings. The minimum atomic E-state index is -0.451. The molecule has 1 aliphatic carbocycles. The third-order valence-corrected chi connectivity index (χ3v) is 3.08. The highest BCUT2D eigenvalue weighted by Gasteiger charge is 2.24. The molecular weight excluding hydrogens is 223 g/mol. The second-order valence-electron chi connectivity index (χ2n) is 4.32. The van der Waals surface area contributed by atoms with Crippen molar-refractivity contribution in [3.05, 3.63) is 18.2 Å². The lowest BCUT2D eigenvalue weighted by molar-refractivity contribution is -0.122. The Hall–Kier alpha value is -1.72. The van der Waals surface area contributed by atoms with Crippen molar-refractivity contribution in [2.75, 3.05) is 5.32 Å². The summed E-state index contributed by atoms with van der Waals surface area (Å²) < 4.78 is 12.6. The first-order valence-corrected chi connectivity index (χ1v) is 5.68. The van der Waals surface area contributed by atoms with Gasteiger partial charge in [0.05, 0.1) is 12.4 Å². The summed E-state index contributed by atoms with van der Waals surface area (Å²) in [6.45, 7) is 0. The number of nitrogens with zero attached hydrogens (tertiary/aromatic N) is 2. The minimum absolute atomic E-state index is 0.0119. The number of aromatic nitrogens is 2. The van der Waals surface area contributed by atoms with Crippen LogP contribution in [-0.4, -0.2) is 21.9 Å². The molecule has 5 nitrogen and oxygen atoms in total. The van der Waals surface area contributed by atoms with Gasteiger partial charge in [-0.05, 0) is 25.7 Å². The van der Waals surface area contributed by atoms with Gasteiger partial charge >= 0.3 is 0 Å². The van der Waals surface area contributed by atoms with Crippen LogP contribution < -0.4 is 11.1 Å². The van der Waals surface area contributed by atoms with Gasteiger partial charge in [-0.1, -0.05) is 0 Å². The SMILES string of the molecule is NC(=O)C1CCC(Nc2ncc(F)cn2)CC1. The molecule has 0 aliphatic heterocycles. The van der Waals surface area contributed by atoms with Crippen molar-refractivity contribution >= 4 is 11.9 Å². The van der Waals surface area contributed by atoms with E-state index in [1.165, 1.54) is 0 Å². The Labute approximate surface area is 98.6 Å². The fourth-order valence-corrected chi connectivity index (χ4v) is 2.09. The Bertz CT molecular complexity index is 387. The maximum absolute atomic E-state index is 12.6. The largest absolute Gasteiger partial charge is 0.369 e. The van der Waals surface area contributed by atoms with Crippen LogP contribution in [0.5, 0.6) is 0 Å². The molecule has 17 heavy (non-hydrogen) atoms. The average molecular weight is 238 g/mol. The standard InChI is InChI=1S/C11H15FN4O/c12-8-5-14-11(15-6-8)16-9-3-1-7(2-4-9)10(13)17/h5-7,9H,1-4H2,(H2,13,17)(H,14,15,16). The van der Waals surface area contributed by atoms with Gasteiger partial charge in [0.15, 0.2) is 5.82 Å². The highest BCUT2D eigenvalue weighted by Crippen LogP contribution is 2.25. The molecule has 1 amide bonds.